The van der Waals surface area contributed by atoms with E-state index < -0.39 is 0 Å². The smallest absolute Gasteiger partial charge is 0.164 e. The van der Waals surface area contributed by atoms with E-state index in [2.05, 4.69) is 158 Å². The molecule has 0 N–H and O–H groups in total. The summed E-state index contributed by atoms with van der Waals surface area (Å²) in [7, 11) is 0. The number of hydrogen-bond donors (Lipinski definition) is 0. The van der Waals surface area contributed by atoms with Crippen LogP contribution in [0.5, 0.6) is 5.75 Å². The van der Waals surface area contributed by atoms with E-state index in [1.54, 1.807) is 0 Å². The zero-order valence-corrected chi connectivity index (χ0v) is 28.9. The Morgan fingerprint density at radius 1 is 0.423 bits per heavy atom. The summed E-state index contributed by atoms with van der Waals surface area (Å²) in [6.45, 7) is 0. The number of fused-ring (bicyclic) bond motifs is 4. The molecule has 246 valence electrons. The van der Waals surface area contributed by atoms with Crippen LogP contribution < -0.4 is 4.74 Å². The van der Waals surface area contributed by atoms with E-state index in [0.717, 1.165) is 45.6 Å². The molecule has 0 saturated heterocycles. The van der Waals surface area contributed by atoms with Gasteiger partial charge in [0.15, 0.2) is 17.5 Å². The summed E-state index contributed by atoms with van der Waals surface area (Å²) in [5.41, 5.74) is 9.84. The van der Waals surface area contributed by atoms with E-state index in [4.69, 9.17) is 19.7 Å². The molecule has 0 spiro atoms. The Kier molecular flexibility index (Phi) is 7.43. The van der Waals surface area contributed by atoms with Crippen LogP contribution in [0.15, 0.2) is 170 Å². The van der Waals surface area contributed by atoms with E-state index in [9.17, 15) is 0 Å². The molecule has 7 aromatic carbocycles. The maximum absolute atomic E-state index is 6.55. The molecular weight excluding hydrogens is 655 g/mol. The third kappa shape index (κ3) is 5.62. The highest BCUT2D eigenvalue weighted by molar-refractivity contribution is 7.25. The summed E-state index contributed by atoms with van der Waals surface area (Å²) in [6, 6.07) is 59.3. The monoisotopic (exact) mass is 685 g/mol. The highest BCUT2D eigenvalue weighted by Gasteiger charge is 2.26. The van der Waals surface area contributed by atoms with Gasteiger partial charge in [0.25, 0.3) is 0 Å². The standard InChI is InChI=1S/C47H31N3OS/c1-3-9-30(10-4-1)32-15-21-35(22-16-32)45-48-46(36-23-17-33(18-24-36)31-11-5-2-6-12-31)50-47(49-45)37-25-19-34(20-26-37)41-28-38-27-40-39-13-7-8-14-43(39)52-44(40)29-42(38)51-41/h1-27,29,41H,28H2. The van der Waals surface area contributed by atoms with E-state index >= 15 is 0 Å². The molecule has 0 radical (unpaired) electrons. The maximum Gasteiger partial charge on any atom is 0.164 e. The number of ether oxygens (including phenoxy) is 1. The van der Waals surface area contributed by atoms with E-state index in [-0.39, 0.29) is 6.10 Å². The lowest BCUT2D eigenvalue weighted by atomic mass is 10.0. The topological polar surface area (TPSA) is 47.9 Å². The first-order valence-electron chi connectivity index (χ1n) is 17.5. The molecule has 0 bridgehead atoms. The van der Waals surface area contributed by atoms with Crippen LogP contribution in [0.25, 0.3) is 76.6 Å². The molecule has 4 nitrogen and oxygen atoms in total. The molecule has 1 atom stereocenters. The molecule has 9 aromatic rings. The molecule has 1 aliphatic rings. The average molecular weight is 686 g/mol. The number of rotatable bonds is 6. The van der Waals surface area contributed by atoms with Gasteiger partial charge >= 0.3 is 0 Å². The molecular formula is C47H31N3OS. The van der Waals surface area contributed by atoms with Gasteiger partial charge in [0, 0.05) is 43.3 Å². The van der Waals surface area contributed by atoms with Gasteiger partial charge in [-0.3, -0.25) is 0 Å². The molecule has 0 amide bonds. The average Bonchev–Trinajstić information content (AvgIpc) is 3.81. The summed E-state index contributed by atoms with van der Waals surface area (Å²) in [5, 5.41) is 2.62. The van der Waals surface area contributed by atoms with Gasteiger partial charge in [0.1, 0.15) is 11.9 Å². The van der Waals surface area contributed by atoms with Gasteiger partial charge in [-0.15, -0.1) is 11.3 Å². The van der Waals surface area contributed by atoms with Crippen molar-refractivity contribution in [2.24, 2.45) is 0 Å². The van der Waals surface area contributed by atoms with Gasteiger partial charge in [-0.1, -0.05) is 152 Å². The molecule has 2 aromatic heterocycles. The zero-order valence-electron chi connectivity index (χ0n) is 28.1. The zero-order chi connectivity index (χ0) is 34.4. The maximum atomic E-state index is 6.55. The van der Waals surface area contributed by atoms with Crippen molar-refractivity contribution in [1.29, 1.82) is 0 Å². The number of hydrogen-bond acceptors (Lipinski definition) is 5. The first-order valence-corrected chi connectivity index (χ1v) is 18.3. The summed E-state index contributed by atoms with van der Waals surface area (Å²) < 4.78 is 9.12. The molecule has 10 rings (SSSR count). The molecule has 0 fully saturated rings. The van der Waals surface area contributed by atoms with Crippen molar-refractivity contribution in [3.05, 3.63) is 181 Å². The normalized spacial score (nSPS) is 13.7. The summed E-state index contributed by atoms with van der Waals surface area (Å²) in [5.74, 6) is 2.89. The second-order valence-electron chi connectivity index (χ2n) is 13.2. The molecule has 0 saturated carbocycles. The molecule has 3 heterocycles. The van der Waals surface area contributed by atoms with Crippen molar-refractivity contribution in [3.8, 4) is 62.2 Å². The van der Waals surface area contributed by atoms with Crippen LogP contribution in [0.2, 0.25) is 0 Å². The Bertz CT molecular complexity index is 2600. The number of aromatic nitrogens is 3. The van der Waals surface area contributed by atoms with Crippen LogP contribution in [-0.4, -0.2) is 15.0 Å². The summed E-state index contributed by atoms with van der Waals surface area (Å²) in [6.07, 6.45) is 0.801. The molecule has 0 aliphatic carbocycles. The van der Waals surface area contributed by atoms with Gasteiger partial charge in [-0.25, -0.2) is 15.0 Å². The molecule has 52 heavy (non-hydrogen) atoms. The minimum absolute atomic E-state index is 0.0393. The molecule has 1 aliphatic heterocycles. The highest BCUT2D eigenvalue weighted by atomic mass is 32.1. The lowest BCUT2D eigenvalue weighted by Crippen LogP contribution is -2.03. The van der Waals surface area contributed by atoms with E-state index in [0.29, 0.717) is 17.5 Å². The van der Waals surface area contributed by atoms with Crippen LogP contribution >= 0.6 is 11.3 Å². The Morgan fingerprint density at radius 3 is 1.44 bits per heavy atom. The van der Waals surface area contributed by atoms with Crippen LogP contribution in [0, 0.1) is 0 Å². The predicted molar refractivity (Wildman–Crippen MR) is 213 cm³/mol. The third-order valence-electron chi connectivity index (χ3n) is 9.91. The van der Waals surface area contributed by atoms with Gasteiger partial charge in [-0.05, 0) is 51.6 Å². The second kappa shape index (κ2) is 12.7. The van der Waals surface area contributed by atoms with Gasteiger partial charge in [-0.2, -0.15) is 0 Å². The second-order valence-corrected chi connectivity index (χ2v) is 14.3. The number of nitrogens with zero attached hydrogens (tertiary/aromatic N) is 3. The van der Waals surface area contributed by atoms with Gasteiger partial charge in [0.2, 0.25) is 0 Å². The highest BCUT2D eigenvalue weighted by Crippen LogP contribution is 2.43. The van der Waals surface area contributed by atoms with Crippen molar-refractivity contribution < 1.29 is 4.74 Å². The Hall–Kier alpha value is -6.43. The fourth-order valence-electron chi connectivity index (χ4n) is 7.14. The van der Waals surface area contributed by atoms with Crippen molar-refractivity contribution in [1.82, 2.24) is 15.0 Å². The lowest BCUT2D eigenvalue weighted by molar-refractivity contribution is 0.239. The fraction of sp³-hybridized carbons (Fsp3) is 0.0426. The predicted octanol–water partition coefficient (Wildman–Crippen LogP) is 12.3. The summed E-state index contributed by atoms with van der Waals surface area (Å²) >= 11 is 1.82. The van der Waals surface area contributed by atoms with Crippen molar-refractivity contribution >= 4 is 31.5 Å². The Balaban J connectivity index is 0.979. The van der Waals surface area contributed by atoms with Crippen LogP contribution in [0.4, 0.5) is 0 Å². The minimum Gasteiger partial charge on any atom is -0.485 e. The van der Waals surface area contributed by atoms with Crippen molar-refractivity contribution in [2.45, 2.75) is 12.5 Å². The minimum atomic E-state index is -0.0393. The molecule has 1 unspecified atom stereocenters. The SMILES string of the molecule is c1ccc(-c2ccc(-c3nc(-c4ccc(-c5ccccc5)cc4)nc(-c4ccc(C5Cc6cc7c(cc6O5)sc5ccccc57)cc4)n3)cc2)cc1. The Morgan fingerprint density at radius 2 is 0.885 bits per heavy atom. The first kappa shape index (κ1) is 30.4. The van der Waals surface area contributed by atoms with Crippen LogP contribution in [0.3, 0.4) is 0 Å². The summed E-state index contributed by atoms with van der Waals surface area (Å²) in [4.78, 5) is 15.1. The van der Waals surface area contributed by atoms with E-state index in [1.807, 2.05) is 23.5 Å². The lowest BCUT2D eigenvalue weighted by Gasteiger charge is -2.12. The van der Waals surface area contributed by atoms with Crippen LogP contribution in [-0.2, 0) is 6.42 Å². The largest absolute Gasteiger partial charge is 0.485 e. The van der Waals surface area contributed by atoms with Crippen LogP contribution in [0.1, 0.15) is 17.2 Å². The number of benzene rings is 7. The van der Waals surface area contributed by atoms with Gasteiger partial charge < -0.3 is 4.74 Å². The third-order valence-corrected chi connectivity index (χ3v) is 11.0. The number of thiophene rings is 1. The molecule has 5 heteroatoms. The first-order chi connectivity index (χ1) is 25.7. The Labute approximate surface area is 305 Å². The van der Waals surface area contributed by atoms with Crippen molar-refractivity contribution in [3.63, 3.8) is 0 Å². The van der Waals surface area contributed by atoms with Gasteiger partial charge in [0.05, 0.1) is 0 Å². The van der Waals surface area contributed by atoms with E-state index in [1.165, 1.54) is 36.9 Å². The quantitative estimate of drug-likeness (QED) is 0.175. The van der Waals surface area contributed by atoms with Crippen molar-refractivity contribution in [2.75, 3.05) is 0 Å². The fourth-order valence-corrected chi connectivity index (χ4v) is 8.26.